The monoisotopic (exact) mass is 638 g/mol. The third kappa shape index (κ3) is 8.42. The summed E-state index contributed by atoms with van der Waals surface area (Å²) in [6.45, 7) is 3.55. The number of ether oxygens (including phenoxy) is 1. The van der Waals surface area contributed by atoms with E-state index in [-0.39, 0.29) is 41.8 Å². The highest BCUT2D eigenvalue weighted by Crippen LogP contribution is 2.31. The third-order valence-electron chi connectivity index (χ3n) is 7.60. The molecule has 0 radical (unpaired) electrons. The van der Waals surface area contributed by atoms with Crippen molar-refractivity contribution in [1.82, 2.24) is 20.4 Å². The molecule has 0 spiro atoms. The van der Waals surface area contributed by atoms with Crippen molar-refractivity contribution in [1.29, 1.82) is 0 Å². The summed E-state index contributed by atoms with van der Waals surface area (Å²) in [6, 6.07) is 26.8. The lowest BCUT2D eigenvalue weighted by atomic mass is 9.80. The average Bonchev–Trinajstić information content (AvgIpc) is 3.02. The summed E-state index contributed by atoms with van der Waals surface area (Å²) >= 11 is 7.54. The molecule has 43 heavy (non-hydrogen) atoms. The number of rotatable bonds is 10. The Labute approximate surface area is 267 Å². The SMILES string of the molecule is COc1ccc(-n2nc(Sc3ccc(Cl)cc3)cc(CC[C@H](C)NC(=O)[C@@H]3CNCC[C@@H]3c3ccccc3)c2=O)cc1.Cl. The molecule has 10 heteroatoms. The molecule has 2 N–H and O–H groups in total. The molecule has 226 valence electrons. The molecule has 0 unspecified atom stereocenters. The molecule has 1 aromatic heterocycles. The van der Waals surface area contributed by atoms with Crippen LogP contribution in [0, 0.1) is 5.92 Å². The van der Waals surface area contributed by atoms with Gasteiger partial charge in [0.05, 0.1) is 18.7 Å². The van der Waals surface area contributed by atoms with Crippen molar-refractivity contribution in [2.24, 2.45) is 5.92 Å². The summed E-state index contributed by atoms with van der Waals surface area (Å²) in [5, 5.41) is 12.6. The Balaban J connectivity index is 0.00000423. The topological polar surface area (TPSA) is 85.2 Å². The van der Waals surface area contributed by atoms with Crippen LogP contribution in [0.3, 0.4) is 0 Å². The molecule has 3 aromatic carbocycles. The van der Waals surface area contributed by atoms with Crippen LogP contribution in [0.25, 0.3) is 5.69 Å². The van der Waals surface area contributed by atoms with Gasteiger partial charge in [0.1, 0.15) is 10.8 Å². The number of aromatic nitrogens is 2. The molecule has 0 aliphatic carbocycles. The maximum atomic E-state index is 13.6. The number of hydrogen-bond donors (Lipinski definition) is 2. The number of halogens is 2. The average molecular weight is 640 g/mol. The third-order valence-corrected chi connectivity index (χ3v) is 8.77. The van der Waals surface area contributed by atoms with Crippen LogP contribution in [-0.4, -0.2) is 41.9 Å². The largest absolute Gasteiger partial charge is 0.497 e. The number of carbonyl (C=O) groups excluding carboxylic acids is 1. The first kappa shape index (κ1) is 32.6. The first-order chi connectivity index (χ1) is 20.4. The quantitative estimate of drug-likeness (QED) is 0.212. The second-order valence-corrected chi connectivity index (χ2v) is 12.1. The number of piperidine rings is 1. The van der Waals surface area contributed by atoms with Gasteiger partial charge in [0.2, 0.25) is 5.91 Å². The van der Waals surface area contributed by atoms with Crippen molar-refractivity contribution >= 4 is 41.7 Å². The van der Waals surface area contributed by atoms with Crippen molar-refractivity contribution in [3.05, 3.63) is 111 Å². The first-order valence-electron chi connectivity index (χ1n) is 14.2. The zero-order valence-corrected chi connectivity index (χ0v) is 26.6. The second kappa shape index (κ2) is 15.4. The fourth-order valence-electron chi connectivity index (χ4n) is 5.30. The van der Waals surface area contributed by atoms with Crippen LogP contribution < -0.4 is 20.9 Å². The van der Waals surface area contributed by atoms with Crippen molar-refractivity contribution in [3.63, 3.8) is 0 Å². The first-order valence-corrected chi connectivity index (χ1v) is 15.4. The molecule has 4 aromatic rings. The summed E-state index contributed by atoms with van der Waals surface area (Å²) in [5.74, 6) is 0.794. The van der Waals surface area contributed by atoms with E-state index in [1.54, 1.807) is 7.11 Å². The minimum atomic E-state index is -0.181. The summed E-state index contributed by atoms with van der Waals surface area (Å²) < 4.78 is 6.72. The van der Waals surface area contributed by atoms with Gasteiger partial charge in [-0.25, -0.2) is 0 Å². The molecule has 0 saturated carbocycles. The number of hydrogen-bond acceptors (Lipinski definition) is 6. The zero-order chi connectivity index (χ0) is 29.5. The van der Waals surface area contributed by atoms with Gasteiger partial charge in [-0.3, -0.25) is 9.59 Å². The number of nitrogens with one attached hydrogen (secondary N) is 2. The Morgan fingerprint density at radius 1 is 1.12 bits per heavy atom. The van der Waals surface area contributed by atoms with Gasteiger partial charge < -0.3 is 15.4 Å². The zero-order valence-electron chi connectivity index (χ0n) is 24.2. The van der Waals surface area contributed by atoms with Crippen molar-refractivity contribution in [2.75, 3.05) is 20.2 Å². The van der Waals surface area contributed by atoms with Gasteiger partial charge in [0.25, 0.3) is 5.56 Å². The predicted octanol–water partition coefficient (Wildman–Crippen LogP) is 6.30. The fourth-order valence-corrected chi connectivity index (χ4v) is 6.26. The Bertz CT molecular complexity index is 1550. The molecule has 7 nitrogen and oxygen atoms in total. The highest BCUT2D eigenvalue weighted by Gasteiger charge is 2.32. The van der Waals surface area contributed by atoms with Gasteiger partial charge >= 0.3 is 0 Å². The number of aryl methyl sites for hydroxylation is 1. The molecular weight excluding hydrogens is 603 g/mol. The van der Waals surface area contributed by atoms with Crippen molar-refractivity contribution in [2.45, 2.75) is 48.1 Å². The van der Waals surface area contributed by atoms with Gasteiger partial charge in [-0.15, -0.1) is 12.4 Å². The second-order valence-electron chi connectivity index (χ2n) is 10.5. The van der Waals surface area contributed by atoms with Crippen LogP contribution in [0.5, 0.6) is 5.75 Å². The van der Waals surface area contributed by atoms with E-state index in [4.69, 9.17) is 16.3 Å². The molecule has 1 aliphatic heterocycles. The minimum Gasteiger partial charge on any atom is -0.497 e. The van der Waals surface area contributed by atoms with E-state index in [0.717, 1.165) is 17.9 Å². The van der Waals surface area contributed by atoms with Crippen LogP contribution >= 0.6 is 35.8 Å². The molecule has 1 fully saturated rings. The van der Waals surface area contributed by atoms with Gasteiger partial charge in [-0.05, 0) is 98.8 Å². The summed E-state index contributed by atoms with van der Waals surface area (Å²) in [5.41, 5.74) is 2.31. The van der Waals surface area contributed by atoms with Crippen molar-refractivity contribution < 1.29 is 9.53 Å². The number of carbonyl (C=O) groups is 1. The standard InChI is InChI=1S/C33H35ClN4O3S.ClH/c1-22(36-32(39)30-21-35-19-18-29(30)23-6-4-3-5-7-23)8-9-24-20-31(42-28-16-10-25(34)11-17-28)37-38(33(24)40)26-12-14-27(41-2)15-13-26;/h3-7,10-17,20,22,29-30,35H,8-9,18-19,21H2,1-2H3,(H,36,39);1H/t22-,29+,30+;/m0./s1. The molecule has 5 rings (SSSR count). The van der Waals surface area contributed by atoms with Gasteiger partial charge in [-0.2, -0.15) is 9.78 Å². The number of amides is 1. The minimum absolute atomic E-state index is 0. The van der Waals surface area contributed by atoms with Crippen LogP contribution in [0.4, 0.5) is 0 Å². The highest BCUT2D eigenvalue weighted by molar-refractivity contribution is 7.99. The lowest BCUT2D eigenvalue weighted by Gasteiger charge is -2.32. The van der Waals surface area contributed by atoms with Gasteiger partial charge in [0.15, 0.2) is 0 Å². The van der Waals surface area contributed by atoms with Crippen LogP contribution in [0.2, 0.25) is 5.02 Å². The van der Waals surface area contributed by atoms with Crippen LogP contribution in [0.15, 0.2) is 99.6 Å². The summed E-state index contributed by atoms with van der Waals surface area (Å²) in [4.78, 5) is 28.0. The summed E-state index contributed by atoms with van der Waals surface area (Å²) in [6.07, 6.45) is 2.04. The maximum Gasteiger partial charge on any atom is 0.274 e. The molecule has 2 heterocycles. The van der Waals surface area contributed by atoms with Gasteiger partial charge in [0, 0.05) is 28.1 Å². The molecule has 1 aliphatic rings. The van der Waals surface area contributed by atoms with E-state index in [1.807, 2.05) is 79.7 Å². The molecule has 3 atom stereocenters. The molecular formula is C33H36Cl2N4O3S. The highest BCUT2D eigenvalue weighted by atomic mass is 35.5. The lowest BCUT2D eigenvalue weighted by Crippen LogP contribution is -2.47. The van der Waals surface area contributed by atoms with E-state index in [1.165, 1.54) is 22.0 Å². The maximum absolute atomic E-state index is 13.6. The van der Waals surface area contributed by atoms with Crippen LogP contribution in [0.1, 0.15) is 36.8 Å². The molecule has 1 saturated heterocycles. The number of benzene rings is 3. The van der Waals surface area contributed by atoms with E-state index < -0.39 is 0 Å². The number of nitrogens with zero attached hydrogens (tertiary/aromatic N) is 2. The smallest absolute Gasteiger partial charge is 0.274 e. The normalized spacial score (nSPS) is 17.0. The van der Waals surface area contributed by atoms with Gasteiger partial charge in [-0.1, -0.05) is 53.7 Å². The van der Waals surface area contributed by atoms with E-state index in [9.17, 15) is 9.59 Å². The Hall–Kier alpha value is -3.30. The Kier molecular flexibility index (Phi) is 11.7. The fraction of sp³-hybridized carbons (Fsp3) is 0.303. The molecule has 0 bridgehead atoms. The predicted molar refractivity (Wildman–Crippen MR) is 175 cm³/mol. The Morgan fingerprint density at radius 3 is 2.53 bits per heavy atom. The molecule has 1 amide bonds. The van der Waals surface area contributed by atoms with E-state index >= 15 is 0 Å². The van der Waals surface area contributed by atoms with Crippen molar-refractivity contribution in [3.8, 4) is 11.4 Å². The van der Waals surface area contributed by atoms with E-state index in [0.29, 0.717) is 46.4 Å². The van der Waals surface area contributed by atoms with Crippen LogP contribution in [-0.2, 0) is 11.2 Å². The number of methoxy groups -OCH3 is 1. The van der Waals surface area contributed by atoms with E-state index in [2.05, 4.69) is 27.9 Å². The lowest BCUT2D eigenvalue weighted by molar-refractivity contribution is -0.126. The Morgan fingerprint density at radius 2 is 1.84 bits per heavy atom. The summed E-state index contributed by atoms with van der Waals surface area (Å²) in [7, 11) is 1.60.